The third-order valence-corrected chi connectivity index (χ3v) is 5.35. The predicted octanol–water partition coefficient (Wildman–Crippen LogP) is 3.88. The van der Waals surface area contributed by atoms with Gasteiger partial charge in [0.25, 0.3) is 5.91 Å². The van der Waals surface area contributed by atoms with E-state index in [4.69, 9.17) is 5.73 Å². The maximum Gasteiger partial charge on any atom is 0.252 e. The normalized spacial score (nSPS) is 11.1. The van der Waals surface area contributed by atoms with Crippen molar-refractivity contribution in [2.75, 3.05) is 5.32 Å². The molecule has 5 aromatic rings. The molecule has 170 valence electrons. The molecule has 34 heavy (non-hydrogen) atoms. The van der Waals surface area contributed by atoms with Crippen LogP contribution in [0, 0.1) is 18.6 Å². The van der Waals surface area contributed by atoms with E-state index in [1.165, 1.54) is 6.20 Å². The lowest BCUT2D eigenvalue weighted by molar-refractivity contribution is 0.100. The first kappa shape index (κ1) is 21.3. The maximum absolute atomic E-state index is 14.1. The van der Waals surface area contributed by atoms with Gasteiger partial charge in [-0.1, -0.05) is 6.07 Å². The van der Waals surface area contributed by atoms with Crippen molar-refractivity contribution in [3.8, 4) is 17.1 Å². The molecule has 0 bridgehead atoms. The number of benzene rings is 1. The molecule has 0 saturated carbocycles. The number of hydrogen-bond donors (Lipinski definition) is 2. The zero-order valence-corrected chi connectivity index (χ0v) is 18.0. The summed E-state index contributed by atoms with van der Waals surface area (Å²) in [7, 11) is 0. The molecule has 4 aromatic heterocycles. The number of hydrogen-bond acceptors (Lipinski definition) is 5. The lowest BCUT2D eigenvalue weighted by atomic mass is 10.1. The smallest absolute Gasteiger partial charge is 0.252 e. The van der Waals surface area contributed by atoms with Gasteiger partial charge in [0.05, 0.1) is 23.0 Å². The summed E-state index contributed by atoms with van der Waals surface area (Å²) in [4.78, 5) is 16.4. The molecule has 1 amide bonds. The largest absolute Gasteiger partial charge is 0.365 e. The fraction of sp³-hybridized carbons (Fsp3) is 0.0833. The quantitative estimate of drug-likeness (QED) is 0.401. The van der Waals surface area contributed by atoms with Crippen LogP contribution in [0.3, 0.4) is 0 Å². The van der Waals surface area contributed by atoms with E-state index in [1.807, 2.05) is 31.2 Å². The van der Waals surface area contributed by atoms with Crippen molar-refractivity contribution in [1.29, 1.82) is 0 Å². The molecule has 0 spiro atoms. The van der Waals surface area contributed by atoms with Crippen LogP contribution in [0.15, 0.2) is 67.0 Å². The lowest BCUT2D eigenvalue weighted by Gasteiger charge is -2.08. The van der Waals surface area contributed by atoms with E-state index in [1.54, 1.807) is 27.5 Å². The maximum atomic E-state index is 14.1. The number of nitrogens with one attached hydrogen (secondary N) is 1. The zero-order chi connectivity index (χ0) is 23.8. The van der Waals surface area contributed by atoms with E-state index < -0.39 is 17.5 Å². The Balaban J connectivity index is 1.58. The SMILES string of the molecule is Cc1cccc(-n2nc(NCc3cc(F)ccc3F)cc2-c2ccn3ncc(C(N)=O)c3c2)n1. The van der Waals surface area contributed by atoms with Crippen molar-refractivity contribution >= 4 is 17.2 Å². The van der Waals surface area contributed by atoms with Crippen LogP contribution in [0.25, 0.3) is 22.6 Å². The fourth-order valence-corrected chi connectivity index (χ4v) is 3.69. The van der Waals surface area contributed by atoms with Crippen molar-refractivity contribution in [3.05, 3.63) is 95.4 Å². The zero-order valence-electron chi connectivity index (χ0n) is 18.0. The minimum absolute atomic E-state index is 0.0365. The Morgan fingerprint density at radius 1 is 1.12 bits per heavy atom. The summed E-state index contributed by atoms with van der Waals surface area (Å²) in [5, 5.41) is 11.8. The number of nitrogens with two attached hydrogens (primary N) is 1. The highest BCUT2D eigenvalue weighted by molar-refractivity contribution is 6.00. The topological polar surface area (TPSA) is 103 Å². The Morgan fingerprint density at radius 2 is 1.97 bits per heavy atom. The molecular weight excluding hydrogens is 440 g/mol. The molecule has 1 aromatic carbocycles. The molecule has 3 N–H and O–H groups in total. The van der Waals surface area contributed by atoms with Gasteiger partial charge in [0.1, 0.15) is 17.5 Å². The standard InChI is InChI=1S/C24H19F2N7O/c1-14-3-2-4-23(30-14)33-20(15-7-8-32-21(10-15)18(13-29-32)24(27)34)11-22(31-33)28-12-16-9-17(25)5-6-19(16)26/h2-11,13H,12H2,1H3,(H2,27,34)(H,28,31). The van der Waals surface area contributed by atoms with Crippen LogP contribution < -0.4 is 11.1 Å². The fourth-order valence-electron chi connectivity index (χ4n) is 3.69. The van der Waals surface area contributed by atoms with Gasteiger partial charge in [-0.05, 0) is 49.4 Å². The van der Waals surface area contributed by atoms with E-state index in [0.29, 0.717) is 28.4 Å². The molecule has 5 rings (SSSR count). The van der Waals surface area contributed by atoms with Crippen molar-refractivity contribution in [3.63, 3.8) is 0 Å². The van der Waals surface area contributed by atoms with Crippen molar-refractivity contribution in [2.45, 2.75) is 13.5 Å². The number of halogens is 2. The highest BCUT2D eigenvalue weighted by atomic mass is 19.1. The summed E-state index contributed by atoms with van der Waals surface area (Å²) in [6, 6.07) is 14.2. The Kier molecular flexibility index (Phi) is 5.25. The third-order valence-electron chi connectivity index (χ3n) is 5.35. The van der Waals surface area contributed by atoms with Gasteiger partial charge in [0, 0.05) is 35.6 Å². The number of anilines is 1. The van der Waals surface area contributed by atoms with Gasteiger partial charge in [-0.2, -0.15) is 5.10 Å². The molecule has 0 radical (unpaired) electrons. The van der Waals surface area contributed by atoms with Crippen LogP contribution in [-0.2, 0) is 6.54 Å². The van der Waals surface area contributed by atoms with Gasteiger partial charge in [-0.3, -0.25) is 4.79 Å². The Hall–Kier alpha value is -4.60. The third kappa shape index (κ3) is 3.96. The first-order valence-electron chi connectivity index (χ1n) is 10.4. The van der Waals surface area contributed by atoms with Gasteiger partial charge in [-0.15, -0.1) is 5.10 Å². The summed E-state index contributed by atoms with van der Waals surface area (Å²) in [6.45, 7) is 1.91. The number of fused-ring (bicyclic) bond motifs is 1. The molecule has 0 aliphatic rings. The Labute approximate surface area is 192 Å². The van der Waals surface area contributed by atoms with E-state index in [9.17, 15) is 13.6 Å². The summed E-state index contributed by atoms with van der Waals surface area (Å²) in [5.74, 6) is -0.610. The van der Waals surface area contributed by atoms with Crippen molar-refractivity contribution < 1.29 is 13.6 Å². The number of nitrogens with zero attached hydrogens (tertiary/aromatic N) is 5. The molecule has 10 heteroatoms. The molecule has 0 atom stereocenters. The Bertz CT molecular complexity index is 1540. The molecule has 0 aliphatic carbocycles. The molecular formula is C24H19F2N7O. The number of carbonyl (C=O) groups is 1. The highest BCUT2D eigenvalue weighted by Crippen LogP contribution is 2.28. The number of aromatic nitrogens is 5. The monoisotopic (exact) mass is 459 g/mol. The van der Waals surface area contributed by atoms with Gasteiger partial charge < -0.3 is 11.1 Å². The average molecular weight is 459 g/mol. The minimum atomic E-state index is -0.583. The molecule has 0 saturated heterocycles. The first-order valence-corrected chi connectivity index (χ1v) is 10.4. The number of aryl methyl sites for hydroxylation is 1. The van der Waals surface area contributed by atoms with Crippen LogP contribution in [0.5, 0.6) is 0 Å². The molecule has 0 unspecified atom stereocenters. The number of primary amides is 1. The van der Waals surface area contributed by atoms with Gasteiger partial charge in [0.15, 0.2) is 5.82 Å². The Morgan fingerprint density at radius 3 is 2.76 bits per heavy atom. The summed E-state index contributed by atoms with van der Waals surface area (Å²) >= 11 is 0. The molecule has 0 aliphatic heterocycles. The van der Waals surface area contributed by atoms with Gasteiger partial charge in [0.2, 0.25) is 0 Å². The summed E-state index contributed by atoms with van der Waals surface area (Å²) < 4.78 is 30.8. The van der Waals surface area contributed by atoms with E-state index in [2.05, 4.69) is 20.5 Å². The summed E-state index contributed by atoms with van der Waals surface area (Å²) in [6.07, 6.45) is 3.13. The second-order valence-electron chi connectivity index (χ2n) is 7.72. The second-order valence-corrected chi connectivity index (χ2v) is 7.72. The minimum Gasteiger partial charge on any atom is -0.365 e. The first-order chi connectivity index (χ1) is 16.4. The average Bonchev–Trinajstić information content (AvgIpc) is 3.43. The van der Waals surface area contributed by atoms with E-state index in [-0.39, 0.29) is 12.1 Å². The van der Waals surface area contributed by atoms with Crippen molar-refractivity contribution in [2.24, 2.45) is 5.73 Å². The molecule has 0 fully saturated rings. The van der Waals surface area contributed by atoms with Crippen molar-refractivity contribution in [1.82, 2.24) is 24.4 Å². The molecule has 4 heterocycles. The van der Waals surface area contributed by atoms with Crippen LogP contribution in [0.2, 0.25) is 0 Å². The predicted molar refractivity (Wildman–Crippen MR) is 122 cm³/mol. The highest BCUT2D eigenvalue weighted by Gasteiger charge is 2.16. The molecule has 8 nitrogen and oxygen atoms in total. The number of pyridine rings is 2. The van der Waals surface area contributed by atoms with E-state index in [0.717, 1.165) is 29.5 Å². The van der Waals surface area contributed by atoms with Gasteiger partial charge >= 0.3 is 0 Å². The van der Waals surface area contributed by atoms with Crippen LogP contribution in [-0.4, -0.2) is 30.3 Å². The van der Waals surface area contributed by atoms with Crippen LogP contribution >= 0.6 is 0 Å². The number of amides is 1. The van der Waals surface area contributed by atoms with E-state index >= 15 is 0 Å². The number of rotatable bonds is 6. The van der Waals surface area contributed by atoms with Crippen LogP contribution in [0.4, 0.5) is 14.6 Å². The second kappa shape index (κ2) is 8.39. The van der Waals surface area contributed by atoms with Crippen LogP contribution in [0.1, 0.15) is 21.6 Å². The number of carbonyl (C=O) groups excluding carboxylic acids is 1. The van der Waals surface area contributed by atoms with Gasteiger partial charge in [-0.25, -0.2) is 23.0 Å². The summed E-state index contributed by atoms with van der Waals surface area (Å²) in [5.41, 5.74) is 8.71. The lowest BCUT2D eigenvalue weighted by Crippen LogP contribution is -2.10.